The molecule has 14 heavy (non-hydrogen) atoms. The third-order valence-corrected chi connectivity index (χ3v) is 2.52. The first-order chi connectivity index (χ1) is 6.79. The summed E-state index contributed by atoms with van der Waals surface area (Å²) in [5.41, 5.74) is 0.201. The second-order valence-electron chi connectivity index (χ2n) is 3.49. The lowest BCUT2D eigenvalue weighted by Crippen LogP contribution is -2.31. The number of ketones is 1. The smallest absolute Gasteiger partial charge is 0.182 e. The first-order valence-electron chi connectivity index (χ1n) is 4.81. The van der Waals surface area contributed by atoms with E-state index in [4.69, 9.17) is 0 Å². The van der Waals surface area contributed by atoms with Crippen LogP contribution in [0.5, 0.6) is 0 Å². The fraction of sp³-hybridized carbons (Fsp3) is 0.364. The molecule has 0 unspecified atom stereocenters. The van der Waals surface area contributed by atoms with Crippen LogP contribution in [-0.4, -0.2) is 18.4 Å². The van der Waals surface area contributed by atoms with Gasteiger partial charge in [0.1, 0.15) is 5.82 Å². The van der Waals surface area contributed by atoms with Gasteiger partial charge in [0, 0.05) is 0 Å². The van der Waals surface area contributed by atoms with E-state index in [1.807, 2.05) is 0 Å². The van der Waals surface area contributed by atoms with E-state index >= 15 is 0 Å². The highest BCUT2D eigenvalue weighted by atomic mass is 19.1. The fourth-order valence-corrected chi connectivity index (χ4v) is 1.76. The lowest BCUT2D eigenvalue weighted by Gasteiger charge is -2.08. The van der Waals surface area contributed by atoms with Crippen LogP contribution in [0, 0.1) is 5.82 Å². The molecule has 0 saturated carbocycles. The summed E-state index contributed by atoms with van der Waals surface area (Å²) in [4.78, 5) is 11.8. The van der Waals surface area contributed by atoms with Gasteiger partial charge in [0.15, 0.2) is 5.78 Å². The summed E-state index contributed by atoms with van der Waals surface area (Å²) in [5, 5.41) is 3.07. The lowest BCUT2D eigenvalue weighted by molar-refractivity contribution is 0.0948. The lowest BCUT2D eigenvalue weighted by atomic mass is 10.0. The van der Waals surface area contributed by atoms with Crippen molar-refractivity contribution in [1.82, 2.24) is 5.32 Å². The van der Waals surface area contributed by atoms with Crippen LogP contribution in [0.15, 0.2) is 24.3 Å². The standard InChI is InChI=1S/C11H12FNO/c12-9-5-2-1-4-8(9)11(14)10-6-3-7-13-10/h1-2,4-5,10,13H,3,6-7H2/t10-/m1/s1. The van der Waals surface area contributed by atoms with E-state index in [2.05, 4.69) is 5.32 Å². The summed E-state index contributed by atoms with van der Waals surface area (Å²) in [6.07, 6.45) is 1.80. The highest BCUT2D eigenvalue weighted by Gasteiger charge is 2.24. The first-order valence-corrected chi connectivity index (χ1v) is 4.81. The molecule has 0 bridgehead atoms. The van der Waals surface area contributed by atoms with Gasteiger partial charge in [0.25, 0.3) is 0 Å². The second-order valence-corrected chi connectivity index (χ2v) is 3.49. The predicted molar refractivity (Wildman–Crippen MR) is 51.8 cm³/mol. The van der Waals surface area contributed by atoms with Crippen LogP contribution < -0.4 is 5.32 Å². The topological polar surface area (TPSA) is 29.1 Å². The highest BCUT2D eigenvalue weighted by molar-refractivity contribution is 6.00. The minimum atomic E-state index is -0.425. The van der Waals surface area contributed by atoms with Crippen molar-refractivity contribution < 1.29 is 9.18 Å². The van der Waals surface area contributed by atoms with Crippen LogP contribution in [0.25, 0.3) is 0 Å². The van der Waals surface area contributed by atoms with Crippen molar-refractivity contribution in [2.45, 2.75) is 18.9 Å². The number of benzene rings is 1. The molecule has 1 atom stereocenters. The van der Waals surface area contributed by atoms with Gasteiger partial charge in [-0.2, -0.15) is 0 Å². The number of hydrogen-bond acceptors (Lipinski definition) is 2. The Morgan fingerprint density at radius 1 is 1.43 bits per heavy atom. The zero-order valence-electron chi connectivity index (χ0n) is 7.79. The van der Waals surface area contributed by atoms with Crippen LogP contribution in [0.1, 0.15) is 23.2 Å². The molecule has 1 N–H and O–H groups in total. The SMILES string of the molecule is O=C(c1ccccc1F)[C@H]1CCCN1. The van der Waals surface area contributed by atoms with E-state index in [0.717, 1.165) is 19.4 Å². The molecular formula is C11H12FNO. The average molecular weight is 193 g/mol. The monoisotopic (exact) mass is 193 g/mol. The second kappa shape index (κ2) is 3.88. The summed E-state index contributed by atoms with van der Waals surface area (Å²) in [5.74, 6) is -0.549. The van der Waals surface area contributed by atoms with Crippen molar-refractivity contribution in [1.29, 1.82) is 0 Å². The fourth-order valence-electron chi connectivity index (χ4n) is 1.76. The zero-order valence-corrected chi connectivity index (χ0v) is 7.79. The summed E-state index contributed by atoms with van der Waals surface area (Å²) < 4.78 is 13.2. The van der Waals surface area contributed by atoms with Crippen molar-refractivity contribution in [3.05, 3.63) is 35.6 Å². The van der Waals surface area contributed by atoms with Crippen LogP contribution in [0.2, 0.25) is 0 Å². The molecule has 2 rings (SSSR count). The quantitative estimate of drug-likeness (QED) is 0.725. The summed E-state index contributed by atoms with van der Waals surface area (Å²) in [6.45, 7) is 0.852. The number of rotatable bonds is 2. The molecule has 1 aliphatic rings. The van der Waals surface area contributed by atoms with Crippen LogP contribution in [0.4, 0.5) is 4.39 Å². The number of Topliss-reactive ketones (excluding diaryl/α,β-unsaturated/α-hetero) is 1. The number of nitrogens with one attached hydrogen (secondary N) is 1. The largest absolute Gasteiger partial charge is 0.307 e. The van der Waals surface area contributed by atoms with E-state index in [-0.39, 0.29) is 17.4 Å². The minimum absolute atomic E-state index is 0.124. The van der Waals surface area contributed by atoms with Gasteiger partial charge in [0.05, 0.1) is 11.6 Å². The Labute approximate surface area is 82.1 Å². The van der Waals surface area contributed by atoms with Gasteiger partial charge in [-0.1, -0.05) is 12.1 Å². The molecule has 3 heteroatoms. The number of carbonyl (C=O) groups is 1. The number of carbonyl (C=O) groups excluding carboxylic acids is 1. The number of halogens is 1. The van der Waals surface area contributed by atoms with Gasteiger partial charge in [-0.25, -0.2) is 4.39 Å². The molecule has 0 aromatic heterocycles. The molecule has 1 aromatic rings. The molecule has 1 aromatic carbocycles. The summed E-state index contributed by atoms with van der Waals surface area (Å²) in [7, 11) is 0. The first kappa shape index (κ1) is 9.34. The van der Waals surface area contributed by atoms with Gasteiger partial charge in [-0.15, -0.1) is 0 Å². The van der Waals surface area contributed by atoms with Crippen LogP contribution in [-0.2, 0) is 0 Å². The Balaban J connectivity index is 2.22. The Bertz CT molecular complexity index is 345. The normalized spacial score (nSPS) is 21.1. The molecule has 1 heterocycles. The molecule has 0 spiro atoms. The van der Waals surface area contributed by atoms with Gasteiger partial charge < -0.3 is 5.32 Å². The van der Waals surface area contributed by atoms with Crippen molar-refractivity contribution in [2.75, 3.05) is 6.54 Å². The summed E-state index contributed by atoms with van der Waals surface area (Å²) in [6, 6.07) is 5.95. The molecule has 2 nitrogen and oxygen atoms in total. The van der Waals surface area contributed by atoms with E-state index in [1.54, 1.807) is 12.1 Å². The molecule has 74 valence electrons. The van der Waals surface area contributed by atoms with Crippen molar-refractivity contribution in [2.24, 2.45) is 0 Å². The van der Waals surface area contributed by atoms with E-state index in [1.165, 1.54) is 12.1 Å². The van der Waals surface area contributed by atoms with Crippen LogP contribution in [0.3, 0.4) is 0 Å². The minimum Gasteiger partial charge on any atom is -0.307 e. The zero-order chi connectivity index (χ0) is 9.97. The van der Waals surface area contributed by atoms with E-state index in [9.17, 15) is 9.18 Å². The Hall–Kier alpha value is -1.22. The molecule has 1 aliphatic heterocycles. The highest BCUT2D eigenvalue weighted by Crippen LogP contribution is 2.14. The molecule has 0 amide bonds. The molecule has 1 saturated heterocycles. The molecule has 1 fully saturated rings. The maximum absolute atomic E-state index is 13.2. The third kappa shape index (κ3) is 1.68. The van der Waals surface area contributed by atoms with Crippen LogP contribution >= 0.6 is 0 Å². The third-order valence-electron chi connectivity index (χ3n) is 2.52. The molecular weight excluding hydrogens is 181 g/mol. The van der Waals surface area contributed by atoms with Crippen molar-refractivity contribution >= 4 is 5.78 Å². The van der Waals surface area contributed by atoms with Crippen molar-refractivity contribution in [3.8, 4) is 0 Å². The average Bonchev–Trinajstić information content (AvgIpc) is 2.70. The van der Waals surface area contributed by atoms with E-state index in [0.29, 0.717) is 0 Å². The van der Waals surface area contributed by atoms with Gasteiger partial charge in [-0.3, -0.25) is 4.79 Å². The van der Waals surface area contributed by atoms with Gasteiger partial charge in [-0.05, 0) is 31.5 Å². The van der Waals surface area contributed by atoms with Crippen molar-refractivity contribution in [3.63, 3.8) is 0 Å². The maximum atomic E-state index is 13.2. The molecule has 0 radical (unpaired) electrons. The Morgan fingerprint density at radius 3 is 2.86 bits per heavy atom. The van der Waals surface area contributed by atoms with Gasteiger partial charge in [0.2, 0.25) is 0 Å². The number of hydrogen-bond donors (Lipinski definition) is 1. The van der Waals surface area contributed by atoms with E-state index < -0.39 is 5.82 Å². The Morgan fingerprint density at radius 2 is 2.21 bits per heavy atom. The predicted octanol–water partition coefficient (Wildman–Crippen LogP) is 1.76. The molecule has 0 aliphatic carbocycles. The maximum Gasteiger partial charge on any atom is 0.182 e. The Kier molecular flexibility index (Phi) is 2.59. The summed E-state index contributed by atoms with van der Waals surface area (Å²) >= 11 is 0. The van der Waals surface area contributed by atoms with Gasteiger partial charge >= 0.3 is 0 Å².